The highest BCUT2D eigenvalue weighted by Gasteiger charge is 2.36. The number of carboxylic acid groups (broad SMARTS) is 1. The van der Waals surface area contributed by atoms with Gasteiger partial charge < -0.3 is 30.6 Å². The predicted molar refractivity (Wildman–Crippen MR) is 135 cm³/mol. The zero-order valence-corrected chi connectivity index (χ0v) is 22.1. The van der Waals surface area contributed by atoms with E-state index in [4.69, 9.17) is 5.11 Å². The highest BCUT2D eigenvalue weighted by molar-refractivity contribution is 5.72. The van der Waals surface area contributed by atoms with Gasteiger partial charge in [0.05, 0.1) is 6.10 Å². The molecule has 0 amide bonds. The van der Waals surface area contributed by atoms with Gasteiger partial charge in [-0.1, -0.05) is 84.3 Å². The lowest BCUT2D eigenvalue weighted by Gasteiger charge is -2.27. The Morgan fingerprint density at radius 1 is 0.706 bits per heavy atom. The molecule has 0 radical (unpaired) electrons. The molecule has 202 valence electrons. The van der Waals surface area contributed by atoms with Crippen LogP contribution in [0, 0.1) is 17.8 Å². The van der Waals surface area contributed by atoms with Gasteiger partial charge in [0.2, 0.25) is 0 Å². The van der Waals surface area contributed by atoms with Crippen LogP contribution in [0.3, 0.4) is 0 Å². The van der Waals surface area contributed by atoms with Gasteiger partial charge >= 0.3 is 5.97 Å². The molecule has 0 aliphatic rings. The smallest absolute Gasteiger partial charge is 0.335 e. The summed E-state index contributed by atoms with van der Waals surface area (Å²) in [4.78, 5) is 10.7. The van der Waals surface area contributed by atoms with Crippen LogP contribution in [0.2, 0.25) is 0 Å². The van der Waals surface area contributed by atoms with E-state index in [0.717, 1.165) is 24.7 Å². The highest BCUT2D eigenvalue weighted by Crippen LogP contribution is 2.22. The van der Waals surface area contributed by atoms with E-state index < -0.39 is 36.5 Å². The Hall–Kier alpha value is -0.990. The summed E-state index contributed by atoms with van der Waals surface area (Å²) in [7, 11) is 0. The molecule has 0 aromatic heterocycles. The third-order valence-electron chi connectivity index (χ3n) is 6.77. The Labute approximate surface area is 206 Å². The first-order valence-electron chi connectivity index (χ1n) is 13.2. The van der Waals surface area contributed by atoms with Gasteiger partial charge in [0.25, 0.3) is 0 Å². The van der Waals surface area contributed by atoms with Crippen LogP contribution in [0.25, 0.3) is 0 Å². The minimum Gasteiger partial charge on any atom is -0.479 e. The van der Waals surface area contributed by atoms with Gasteiger partial charge in [0.1, 0.15) is 18.3 Å². The van der Waals surface area contributed by atoms with E-state index in [1.54, 1.807) is 0 Å². The first-order valence-corrected chi connectivity index (χ1v) is 13.2. The van der Waals surface area contributed by atoms with E-state index in [9.17, 15) is 30.3 Å². The molecule has 7 heteroatoms. The number of hydrogen-bond donors (Lipinski definition) is 6. The summed E-state index contributed by atoms with van der Waals surface area (Å²) in [6, 6.07) is 0. The molecular weight excluding hydrogens is 436 g/mol. The Morgan fingerprint density at radius 2 is 1.21 bits per heavy atom. The van der Waals surface area contributed by atoms with Crippen LogP contribution < -0.4 is 0 Å². The average Bonchev–Trinajstić information content (AvgIpc) is 2.76. The molecule has 0 fully saturated rings. The van der Waals surface area contributed by atoms with Crippen molar-refractivity contribution in [1.29, 1.82) is 0 Å². The van der Waals surface area contributed by atoms with Crippen LogP contribution in [0.5, 0.6) is 0 Å². The van der Waals surface area contributed by atoms with Crippen molar-refractivity contribution in [3.05, 3.63) is 11.6 Å². The van der Waals surface area contributed by atoms with Gasteiger partial charge in [-0.25, -0.2) is 4.79 Å². The lowest BCUT2D eigenvalue weighted by Crippen LogP contribution is -2.51. The number of rotatable bonds is 20. The van der Waals surface area contributed by atoms with Crippen LogP contribution in [0.1, 0.15) is 105 Å². The monoisotopic (exact) mass is 488 g/mol. The van der Waals surface area contributed by atoms with Crippen molar-refractivity contribution in [3.63, 3.8) is 0 Å². The van der Waals surface area contributed by atoms with Crippen molar-refractivity contribution < 1.29 is 35.4 Å². The minimum atomic E-state index is -2.24. The van der Waals surface area contributed by atoms with Crippen LogP contribution in [0.15, 0.2) is 11.6 Å². The number of allylic oxidation sites excluding steroid dienone is 2. The topological polar surface area (TPSA) is 138 Å². The van der Waals surface area contributed by atoms with Crippen LogP contribution in [-0.2, 0) is 4.79 Å². The van der Waals surface area contributed by atoms with Gasteiger partial charge in [-0.3, -0.25) is 0 Å². The molecule has 0 spiro atoms. The average molecular weight is 489 g/mol. The quantitative estimate of drug-likeness (QED) is 0.142. The third kappa shape index (κ3) is 15.1. The van der Waals surface area contributed by atoms with Crippen molar-refractivity contribution >= 4 is 5.97 Å². The molecule has 7 atom stereocenters. The van der Waals surface area contributed by atoms with E-state index in [-0.39, 0.29) is 6.42 Å². The van der Waals surface area contributed by atoms with Gasteiger partial charge in [0.15, 0.2) is 6.10 Å². The largest absolute Gasteiger partial charge is 0.479 e. The van der Waals surface area contributed by atoms with Crippen LogP contribution >= 0.6 is 0 Å². The normalized spacial score (nSPS) is 18.9. The molecule has 7 nitrogen and oxygen atoms in total. The Kier molecular flexibility index (Phi) is 17.8. The zero-order chi connectivity index (χ0) is 26.3. The van der Waals surface area contributed by atoms with Crippen LogP contribution in [0.4, 0.5) is 0 Å². The molecule has 0 heterocycles. The highest BCUT2D eigenvalue weighted by atomic mass is 16.4. The number of aliphatic hydroxyl groups excluding tert-OH is 5. The summed E-state index contributed by atoms with van der Waals surface area (Å²) in [6.07, 6.45) is 4.40. The number of carbonyl (C=O) groups is 1. The number of aliphatic hydroxyl groups is 5. The molecule has 0 aliphatic heterocycles. The standard InChI is InChI=1S/C27H52O7/c1-18(2)10-6-11-19(3)12-7-13-20(4)14-8-15-21(5)16-9-17-22(28)23(29)24(30)25(31)26(32)27(33)34/h16,18-20,22-26,28-32H,6-15,17H2,1-5H3,(H,33,34)/t19?,20?,22?,23-,24-,25+,26+/m1/s1. The molecule has 3 unspecified atom stereocenters. The maximum atomic E-state index is 10.7. The summed E-state index contributed by atoms with van der Waals surface area (Å²) in [5.41, 5.74) is 1.20. The number of aliphatic carboxylic acids is 1. The maximum absolute atomic E-state index is 10.7. The summed E-state index contributed by atoms with van der Waals surface area (Å²) >= 11 is 0. The second-order valence-corrected chi connectivity index (χ2v) is 10.8. The van der Waals surface area contributed by atoms with E-state index in [2.05, 4.69) is 27.7 Å². The maximum Gasteiger partial charge on any atom is 0.335 e. The fourth-order valence-electron chi connectivity index (χ4n) is 4.24. The van der Waals surface area contributed by atoms with Gasteiger partial charge in [0, 0.05) is 0 Å². The fraction of sp³-hybridized carbons (Fsp3) is 0.889. The van der Waals surface area contributed by atoms with E-state index in [0.29, 0.717) is 12.3 Å². The molecule has 0 bridgehead atoms. The first-order chi connectivity index (χ1) is 15.9. The fourth-order valence-corrected chi connectivity index (χ4v) is 4.24. The molecule has 0 aromatic rings. The SMILES string of the molecule is CC(=CCCC(O)[C@@H](O)[C@@H](O)[C@H](O)[C@H](O)C(=O)O)CCCC(C)CCCC(C)CCCC(C)C. The second kappa shape index (κ2) is 18.3. The number of hydrogen-bond acceptors (Lipinski definition) is 6. The van der Waals surface area contributed by atoms with E-state index >= 15 is 0 Å². The minimum absolute atomic E-state index is 0.150. The molecule has 0 saturated heterocycles. The summed E-state index contributed by atoms with van der Waals surface area (Å²) < 4.78 is 0. The van der Waals surface area contributed by atoms with Crippen molar-refractivity contribution in [3.8, 4) is 0 Å². The summed E-state index contributed by atoms with van der Waals surface area (Å²) in [5, 5.41) is 57.3. The van der Waals surface area contributed by atoms with Gasteiger partial charge in [-0.2, -0.15) is 0 Å². The van der Waals surface area contributed by atoms with Crippen LogP contribution in [-0.4, -0.2) is 67.1 Å². The first kappa shape index (κ1) is 33.0. The molecular formula is C27H52O7. The Balaban J connectivity index is 4.08. The third-order valence-corrected chi connectivity index (χ3v) is 6.77. The Bertz CT molecular complexity index is 563. The molecule has 34 heavy (non-hydrogen) atoms. The van der Waals surface area contributed by atoms with E-state index in [1.807, 2.05) is 13.0 Å². The van der Waals surface area contributed by atoms with Crippen molar-refractivity contribution in [2.45, 2.75) is 136 Å². The second-order valence-electron chi connectivity index (χ2n) is 10.8. The van der Waals surface area contributed by atoms with Gasteiger partial charge in [-0.15, -0.1) is 0 Å². The zero-order valence-electron chi connectivity index (χ0n) is 22.1. The summed E-state index contributed by atoms with van der Waals surface area (Å²) in [6.45, 7) is 11.3. The lowest BCUT2D eigenvalue weighted by atomic mass is 9.91. The molecule has 0 saturated carbocycles. The lowest BCUT2D eigenvalue weighted by molar-refractivity contribution is -0.168. The molecule has 6 N–H and O–H groups in total. The molecule has 0 rings (SSSR count). The molecule has 0 aliphatic carbocycles. The number of carboxylic acids is 1. The molecule has 0 aromatic carbocycles. The Morgan fingerprint density at radius 3 is 1.71 bits per heavy atom. The van der Waals surface area contributed by atoms with Crippen molar-refractivity contribution in [2.75, 3.05) is 0 Å². The van der Waals surface area contributed by atoms with Crippen molar-refractivity contribution in [2.24, 2.45) is 17.8 Å². The predicted octanol–water partition coefficient (Wildman–Crippen LogP) is 4.04. The summed E-state index contributed by atoms with van der Waals surface area (Å²) in [5.74, 6) is 0.611. The van der Waals surface area contributed by atoms with Gasteiger partial charge in [-0.05, 0) is 50.4 Å². The van der Waals surface area contributed by atoms with E-state index in [1.165, 1.54) is 50.5 Å². The van der Waals surface area contributed by atoms with Crippen molar-refractivity contribution in [1.82, 2.24) is 0 Å².